The number of carbonyl (C=O) groups excluding carboxylic acids is 1. The number of aromatic nitrogens is 2. The third kappa shape index (κ3) is 3.98. The number of carbonyl (C=O) groups is 1. The van der Waals surface area contributed by atoms with Crippen LogP contribution in [0.3, 0.4) is 0 Å². The number of nitriles is 1. The van der Waals surface area contributed by atoms with Gasteiger partial charge >= 0.3 is 0 Å². The van der Waals surface area contributed by atoms with Crippen LogP contribution in [0.2, 0.25) is 0 Å². The lowest BCUT2D eigenvalue weighted by Crippen LogP contribution is -2.15. The normalized spacial score (nSPS) is 9.92. The van der Waals surface area contributed by atoms with Gasteiger partial charge in [0.05, 0.1) is 23.6 Å². The van der Waals surface area contributed by atoms with E-state index in [1.54, 1.807) is 24.3 Å². The van der Waals surface area contributed by atoms with Crippen LogP contribution in [0, 0.1) is 18.3 Å². The molecule has 0 saturated heterocycles. The summed E-state index contributed by atoms with van der Waals surface area (Å²) in [5, 5.41) is 14.8. The SMILES string of the molecule is Cc1ccc(Nc2cnc(C(=O)Nc3ccccc3C#N)cn2)cc1. The number of nitrogens with zero attached hydrogens (tertiary/aromatic N) is 3. The van der Waals surface area contributed by atoms with Crippen LogP contribution in [0.5, 0.6) is 0 Å². The Labute approximate surface area is 145 Å². The van der Waals surface area contributed by atoms with Gasteiger partial charge in [-0.05, 0) is 31.2 Å². The summed E-state index contributed by atoms with van der Waals surface area (Å²) in [7, 11) is 0. The van der Waals surface area contributed by atoms with Crippen LogP contribution in [0.4, 0.5) is 17.2 Å². The molecule has 1 amide bonds. The van der Waals surface area contributed by atoms with Gasteiger partial charge in [0.1, 0.15) is 17.6 Å². The summed E-state index contributed by atoms with van der Waals surface area (Å²) in [5.41, 5.74) is 3.06. The molecule has 0 aliphatic rings. The highest BCUT2D eigenvalue weighted by Gasteiger charge is 2.10. The highest BCUT2D eigenvalue weighted by molar-refractivity contribution is 6.03. The number of benzene rings is 2. The second kappa shape index (κ2) is 7.23. The molecule has 0 aliphatic carbocycles. The maximum atomic E-state index is 12.2. The van der Waals surface area contributed by atoms with Crippen molar-refractivity contribution in [2.45, 2.75) is 6.92 Å². The predicted octanol–water partition coefficient (Wildman–Crippen LogP) is 3.65. The van der Waals surface area contributed by atoms with Crippen LogP contribution in [0.25, 0.3) is 0 Å². The second-order valence-electron chi connectivity index (χ2n) is 5.39. The summed E-state index contributed by atoms with van der Waals surface area (Å²) in [4.78, 5) is 20.6. The van der Waals surface area contributed by atoms with E-state index < -0.39 is 5.91 Å². The molecule has 0 bridgehead atoms. The molecule has 1 aromatic heterocycles. The summed E-state index contributed by atoms with van der Waals surface area (Å²) >= 11 is 0. The van der Waals surface area contributed by atoms with Crippen molar-refractivity contribution in [1.29, 1.82) is 5.26 Å². The molecule has 0 saturated carbocycles. The van der Waals surface area contributed by atoms with Crippen molar-refractivity contribution in [3.05, 3.63) is 77.7 Å². The Hall–Kier alpha value is -3.72. The molecule has 25 heavy (non-hydrogen) atoms. The lowest BCUT2D eigenvalue weighted by atomic mass is 10.2. The molecule has 6 nitrogen and oxygen atoms in total. The molecule has 6 heteroatoms. The largest absolute Gasteiger partial charge is 0.339 e. The molecule has 2 aromatic carbocycles. The molecule has 0 radical (unpaired) electrons. The number of para-hydroxylation sites is 1. The van der Waals surface area contributed by atoms with Crippen molar-refractivity contribution in [2.24, 2.45) is 0 Å². The van der Waals surface area contributed by atoms with E-state index in [0.717, 1.165) is 5.69 Å². The standard InChI is InChI=1S/C19H15N5O/c1-13-6-8-15(9-7-13)23-18-12-21-17(11-22-18)19(25)24-16-5-3-2-4-14(16)10-20/h2-9,11-12H,1H3,(H,22,23)(H,24,25). The number of nitrogens with one attached hydrogen (secondary N) is 2. The van der Waals surface area contributed by atoms with Gasteiger partial charge in [-0.15, -0.1) is 0 Å². The third-order valence-corrected chi connectivity index (χ3v) is 3.50. The van der Waals surface area contributed by atoms with Crippen LogP contribution in [-0.2, 0) is 0 Å². The molecule has 0 spiro atoms. The van der Waals surface area contributed by atoms with E-state index in [2.05, 4.69) is 20.6 Å². The van der Waals surface area contributed by atoms with Gasteiger partial charge in [0.15, 0.2) is 0 Å². The van der Waals surface area contributed by atoms with E-state index >= 15 is 0 Å². The fourth-order valence-electron chi connectivity index (χ4n) is 2.17. The number of hydrogen-bond donors (Lipinski definition) is 2. The fraction of sp³-hybridized carbons (Fsp3) is 0.0526. The summed E-state index contributed by atoms with van der Waals surface area (Å²) in [6.07, 6.45) is 2.88. The van der Waals surface area contributed by atoms with Crippen molar-refractivity contribution >= 4 is 23.1 Å². The van der Waals surface area contributed by atoms with Crippen LogP contribution in [0.15, 0.2) is 60.9 Å². The highest BCUT2D eigenvalue weighted by Crippen LogP contribution is 2.16. The zero-order valence-electron chi connectivity index (χ0n) is 13.5. The molecule has 0 unspecified atom stereocenters. The zero-order chi connectivity index (χ0) is 17.6. The Kier molecular flexibility index (Phi) is 4.67. The zero-order valence-corrected chi connectivity index (χ0v) is 13.5. The van der Waals surface area contributed by atoms with E-state index in [-0.39, 0.29) is 5.69 Å². The molecule has 3 rings (SSSR count). The first-order valence-electron chi connectivity index (χ1n) is 7.62. The molecule has 2 N–H and O–H groups in total. The fourth-order valence-corrected chi connectivity index (χ4v) is 2.17. The number of hydrogen-bond acceptors (Lipinski definition) is 5. The first kappa shape index (κ1) is 16.1. The summed E-state index contributed by atoms with van der Waals surface area (Å²) in [6, 6.07) is 16.7. The second-order valence-corrected chi connectivity index (χ2v) is 5.39. The minimum Gasteiger partial charge on any atom is -0.339 e. The Morgan fingerprint density at radius 1 is 1.04 bits per heavy atom. The first-order chi connectivity index (χ1) is 12.2. The Morgan fingerprint density at radius 2 is 1.80 bits per heavy atom. The Balaban J connectivity index is 1.70. The summed E-state index contributed by atoms with van der Waals surface area (Å²) in [5.74, 6) is 0.120. The van der Waals surface area contributed by atoms with Gasteiger partial charge in [-0.3, -0.25) is 4.79 Å². The van der Waals surface area contributed by atoms with Crippen LogP contribution >= 0.6 is 0 Å². The van der Waals surface area contributed by atoms with E-state index in [0.29, 0.717) is 17.1 Å². The lowest BCUT2D eigenvalue weighted by Gasteiger charge is -2.08. The van der Waals surface area contributed by atoms with Crippen molar-refractivity contribution in [1.82, 2.24) is 9.97 Å². The minimum absolute atomic E-state index is 0.169. The van der Waals surface area contributed by atoms with Crippen LogP contribution < -0.4 is 10.6 Å². The van der Waals surface area contributed by atoms with Gasteiger partial charge in [-0.1, -0.05) is 29.8 Å². The Bertz CT molecular complexity index is 927. The van der Waals surface area contributed by atoms with E-state index in [1.165, 1.54) is 18.0 Å². The average molecular weight is 329 g/mol. The molecule has 1 heterocycles. The van der Waals surface area contributed by atoms with Crippen molar-refractivity contribution in [3.63, 3.8) is 0 Å². The third-order valence-electron chi connectivity index (χ3n) is 3.50. The van der Waals surface area contributed by atoms with Crippen molar-refractivity contribution in [3.8, 4) is 6.07 Å². The topological polar surface area (TPSA) is 90.7 Å². The number of aryl methyl sites for hydroxylation is 1. The quantitative estimate of drug-likeness (QED) is 0.762. The number of anilines is 3. The van der Waals surface area contributed by atoms with E-state index in [9.17, 15) is 4.79 Å². The van der Waals surface area contributed by atoms with E-state index in [1.807, 2.05) is 37.3 Å². The lowest BCUT2D eigenvalue weighted by molar-refractivity contribution is 0.102. The molecular weight excluding hydrogens is 314 g/mol. The molecule has 0 atom stereocenters. The van der Waals surface area contributed by atoms with Gasteiger partial charge in [0, 0.05) is 5.69 Å². The molecule has 0 aliphatic heterocycles. The molecule has 0 fully saturated rings. The molecule has 3 aromatic rings. The Morgan fingerprint density at radius 3 is 2.48 bits per heavy atom. The number of rotatable bonds is 4. The van der Waals surface area contributed by atoms with Gasteiger partial charge in [0.2, 0.25) is 0 Å². The first-order valence-corrected chi connectivity index (χ1v) is 7.62. The van der Waals surface area contributed by atoms with Crippen molar-refractivity contribution < 1.29 is 4.79 Å². The molecule has 122 valence electrons. The van der Waals surface area contributed by atoms with Gasteiger partial charge in [-0.25, -0.2) is 9.97 Å². The molecular formula is C19H15N5O. The highest BCUT2D eigenvalue weighted by atomic mass is 16.1. The van der Waals surface area contributed by atoms with E-state index in [4.69, 9.17) is 5.26 Å². The van der Waals surface area contributed by atoms with Gasteiger partial charge in [0.25, 0.3) is 5.91 Å². The predicted molar refractivity (Wildman–Crippen MR) is 95.6 cm³/mol. The monoisotopic (exact) mass is 329 g/mol. The number of amides is 1. The van der Waals surface area contributed by atoms with Gasteiger partial charge in [-0.2, -0.15) is 5.26 Å². The minimum atomic E-state index is -0.419. The maximum Gasteiger partial charge on any atom is 0.275 e. The maximum absolute atomic E-state index is 12.2. The van der Waals surface area contributed by atoms with Crippen LogP contribution in [0.1, 0.15) is 21.6 Å². The van der Waals surface area contributed by atoms with Crippen LogP contribution in [-0.4, -0.2) is 15.9 Å². The van der Waals surface area contributed by atoms with Crippen molar-refractivity contribution in [2.75, 3.05) is 10.6 Å². The summed E-state index contributed by atoms with van der Waals surface area (Å²) in [6.45, 7) is 2.02. The average Bonchev–Trinajstić information content (AvgIpc) is 2.64. The smallest absolute Gasteiger partial charge is 0.275 e. The van der Waals surface area contributed by atoms with Gasteiger partial charge < -0.3 is 10.6 Å². The summed E-state index contributed by atoms with van der Waals surface area (Å²) < 4.78 is 0.